The van der Waals surface area contributed by atoms with E-state index >= 15 is 0 Å². The molecule has 1 aliphatic heterocycles. The van der Waals surface area contributed by atoms with Gasteiger partial charge in [-0.2, -0.15) is 4.98 Å². The van der Waals surface area contributed by atoms with Crippen LogP contribution in [0.5, 0.6) is 5.88 Å². The van der Waals surface area contributed by atoms with Crippen LogP contribution < -0.4 is 4.74 Å². The second-order valence-electron chi connectivity index (χ2n) is 6.64. The molecule has 0 amide bonds. The SMILES string of the molecule is C(#CC1CC1)c1ccc(-c2nccc(OCC3CCCCO3)n2)cc1. The summed E-state index contributed by atoms with van der Waals surface area (Å²) in [4.78, 5) is 8.88. The molecule has 128 valence electrons. The summed E-state index contributed by atoms with van der Waals surface area (Å²) in [7, 11) is 0. The van der Waals surface area contributed by atoms with Crippen LogP contribution in [-0.4, -0.2) is 29.3 Å². The third-order valence-electron chi connectivity index (χ3n) is 4.46. The average Bonchev–Trinajstić information content (AvgIpc) is 3.51. The van der Waals surface area contributed by atoms with Crippen molar-refractivity contribution in [2.24, 2.45) is 5.92 Å². The molecule has 1 saturated carbocycles. The summed E-state index contributed by atoms with van der Waals surface area (Å²) in [6, 6.07) is 9.87. The lowest BCUT2D eigenvalue weighted by Gasteiger charge is -2.22. The third kappa shape index (κ3) is 4.58. The highest BCUT2D eigenvalue weighted by Gasteiger charge is 2.17. The van der Waals surface area contributed by atoms with Gasteiger partial charge in [0.2, 0.25) is 5.88 Å². The summed E-state index contributed by atoms with van der Waals surface area (Å²) in [5.74, 6) is 8.38. The predicted octanol–water partition coefficient (Wildman–Crippen LogP) is 3.85. The molecule has 25 heavy (non-hydrogen) atoms. The molecule has 0 bridgehead atoms. The summed E-state index contributed by atoms with van der Waals surface area (Å²) in [6.07, 6.45) is 7.82. The molecule has 1 aliphatic carbocycles. The number of rotatable bonds is 4. The zero-order valence-electron chi connectivity index (χ0n) is 14.3. The first kappa shape index (κ1) is 16.1. The maximum absolute atomic E-state index is 5.80. The van der Waals surface area contributed by atoms with Gasteiger partial charge in [0.25, 0.3) is 0 Å². The maximum Gasteiger partial charge on any atom is 0.216 e. The molecule has 1 aromatic carbocycles. The van der Waals surface area contributed by atoms with Crippen molar-refractivity contribution < 1.29 is 9.47 Å². The number of hydrogen-bond acceptors (Lipinski definition) is 4. The van der Waals surface area contributed by atoms with Gasteiger partial charge in [0.05, 0.1) is 6.10 Å². The standard InChI is InChI=1S/C21H22N2O2/c1-2-14-24-19(3-1)15-25-20-12-13-22-21(23-20)18-10-8-17(9-11-18)7-6-16-4-5-16/h8-13,16,19H,1-5,14-15H2. The van der Waals surface area contributed by atoms with Crippen LogP contribution in [-0.2, 0) is 4.74 Å². The Kier molecular flexibility index (Phi) is 4.94. The Bertz CT molecular complexity index is 766. The van der Waals surface area contributed by atoms with Crippen molar-refractivity contribution in [2.75, 3.05) is 13.2 Å². The number of aromatic nitrogens is 2. The van der Waals surface area contributed by atoms with Crippen LogP contribution in [0.2, 0.25) is 0 Å². The van der Waals surface area contributed by atoms with Gasteiger partial charge in [-0.05, 0) is 56.4 Å². The first-order valence-corrected chi connectivity index (χ1v) is 9.06. The number of ether oxygens (including phenoxy) is 2. The quantitative estimate of drug-likeness (QED) is 0.797. The van der Waals surface area contributed by atoms with E-state index in [9.17, 15) is 0 Å². The molecule has 0 spiro atoms. The van der Waals surface area contributed by atoms with Crippen LogP contribution in [0.15, 0.2) is 36.5 Å². The van der Waals surface area contributed by atoms with Gasteiger partial charge < -0.3 is 9.47 Å². The Morgan fingerprint density at radius 1 is 1.08 bits per heavy atom. The van der Waals surface area contributed by atoms with Crippen LogP contribution in [0.4, 0.5) is 0 Å². The molecule has 0 N–H and O–H groups in total. The molecule has 2 aliphatic rings. The van der Waals surface area contributed by atoms with Gasteiger partial charge in [-0.1, -0.05) is 11.8 Å². The van der Waals surface area contributed by atoms with Gasteiger partial charge in [-0.25, -0.2) is 4.98 Å². The molecule has 4 rings (SSSR count). The molecule has 1 unspecified atom stereocenters. The Labute approximate surface area is 148 Å². The van der Waals surface area contributed by atoms with Crippen LogP contribution >= 0.6 is 0 Å². The van der Waals surface area contributed by atoms with Crippen molar-refractivity contribution in [3.8, 4) is 29.1 Å². The summed E-state index contributed by atoms with van der Waals surface area (Å²) >= 11 is 0. The fourth-order valence-corrected chi connectivity index (χ4v) is 2.79. The smallest absolute Gasteiger partial charge is 0.216 e. The van der Waals surface area contributed by atoms with Crippen molar-refractivity contribution in [3.63, 3.8) is 0 Å². The van der Waals surface area contributed by atoms with Gasteiger partial charge in [0.1, 0.15) is 6.61 Å². The van der Waals surface area contributed by atoms with Crippen molar-refractivity contribution in [2.45, 2.75) is 38.2 Å². The third-order valence-corrected chi connectivity index (χ3v) is 4.46. The van der Waals surface area contributed by atoms with E-state index in [-0.39, 0.29) is 6.10 Å². The van der Waals surface area contributed by atoms with E-state index in [4.69, 9.17) is 9.47 Å². The highest BCUT2D eigenvalue weighted by atomic mass is 16.5. The molecule has 2 heterocycles. The van der Waals surface area contributed by atoms with Gasteiger partial charge in [0, 0.05) is 35.9 Å². The summed E-state index contributed by atoms with van der Waals surface area (Å²) < 4.78 is 11.5. The Hall–Kier alpha value is -2.38. The van der Waals surface area contributed by atoms with Gasteiger partial charge in [-0.15, -0.1) is 0 Å². The Morgan fingerprint density at radius 2 is 1.96 bits per heavy atom. The second-order valence-corrected chi connectivity index (χ2v) is 6.64. The first-order valence-electron chi connectivity index (χ1n) is 9.06. The van der Waals surface area contributed by atoms with Crippen molar-refractivity contribution in [1.29, 1.82) is 0 Å². The zero-order chi connectivity index (χ0) is 16.9. The van der Waals surface area contributed by atoms with E-state index in [1.54, 1.807) is 12.3 Å². The number of nitrogens with zero attached hydrogens (tertiary/aromatic N) is 2. The van der Waals surface area contributed by atoms with Gasteiger partial charge in [-0.3, -0.25) is 0 Å². The molecule has 0 radical (unpaired) electrons. The molecule has 2 aromatic rings. The largest absolute Gasteiger partial charge is 0.475 e. The van der Waals surface area contributed by atoms with Crippen LogP contribution in [0.1, 0.15) is 37.7 Å². The lowest BCUT2D eigenvalue weighted by atomic mass is 10.1. The van der Waals surface area contributed by atoms with E-state index in [0.29, 0.717) is 24.2 Å². The lowest BCUT2D eigenvalue weighted by Crippen LogP contribution is -2.26. The zero-order valence-corrected chi connectivity index (χ0v) is 14.3. The van der Waals surface area contributed by atoms with Crippen LogP contribution in [0.3, 0.4) is 0 Å². The molecule has 2 fully saturated rings. The molecule has 4 nitrogen and oxygen atoms in total. The monoisotopic (exact) mass is 334 g/mol. The fraction of sp³-hybridized carbons (Fsp3) is 0.429. The van der Waals surface area contributed by atoms with Crippen molar-refractivity contribution in [1.82, 2.24) is 9.97 Å². The van der Waals surface area contributed by atoms with Gasteiger partial charge >= 0.3 is 0 Å². The lowest BCUT2D eigenvalue weighted by molar-refractivity contribution is -0.0119. The maximum atomic E-state index is 5.80. The average molecular weight is 334 g/mol. The minimum Gasteiger partial charge on any atom is -0.475 e. The number of benzene rings is 1. The summed E-state index contributed by atoms with van der Waals surface area (Å²) in [5.41, 5.74) is 2.01. The topological polar surface area (TPSA) is 44.2 Å². The highest BCUT2D eigenvalue weighted by molar-refractivity contribution is 5.57. The normalized spacial score (nSPS) is 19.8. The number of hydrogen-bond donors (Lipinski definition) is 0. The molecular formula is C21H22N2O2. The van der Waals surface area contributed by atoms with E-state index in [1.807, 2.05) is 24.3 Å². The van der Waals surface area contributed by atoms with E-state index in [0.717, 1.165) is 30.6 Å². The molecular weight excluding hydrogens is 312 g/mol. The minimum atomic E-state index is 0.177. The van der Waals surface area contributed by atoms with Gasteiger partial charge in [0.15, 0.2) is 5.82 Å². The Balaban J connectivity index is 1.40. The van der Waals surface area contributed by atoms with Crippen molar-refractivity contribution >= 4 is 0 Å². The van der Waals surface area contributed by atoms with Crippen molar-refractivity contribution in [3.05, 3.63) is 42.1 Å². The van der Waals surface area contributed by atoms with E-state index in [1.165, 1.54) is 19.3 Å². The molecule has 4 heteroatoms. The predicted molar refractivity (Wildman–Crippen MR) is 96.2 cm³/mol. The molecule has 1 saturated heterocycles. The molecule has 1 aromatic heterocycles. The second kappa shape index (κ2) is 7.67. The minimum absolute atomic E-state index is 0.177. The van der Waals surface area contributed by atoms with E-state index < -0.39 is 0 Å². The van der Waals surface area contributed by atoms with Crippen LogP contribution in [0.25, 0.3) is 11.4 Å². The Morgan fingerprint density at radius 3 is 2.72 bits per heavy atom. The summed E-state index contributed by atoms with van der Waals surface area (Å²) in [6.45, 7) is 1.38. The summed E-state index contributed by atoms with van der Waals surface area (Å²) in [5, 5.41) is 0. The highest BCUT2D eigenvalue weighted by Crippen LogP contribution is 2.27. The fourth-order valence-electron chi connectivity index (χ4n) is 2.79. The molecule has 1 atom stereocenters. The van der Waals surface area contributed by atoms with Crippen LogP contribution in [0, 0.1) is 17.8 Å². The van der Waals surface area contributed by atoms with E-state index in [2.05, 4.69) is 21.8 Å². The first-order chi connectivity index (χ1) is 12.4.